The van der Waals surface area contributed by atoms with E-state index in [4.69, 9.17) is 27.9 Å². The van der Waals surface area contributed by atoms with Gasteiger partial charge in [0.1, 0.15) is 0 Å². The van der Waals surface area contributed by atoms with Crippen molar-refractivity contribution in [3.8, 4) is 0 Å². The monoisotopic (exact) mass is 605 g/mol. The summed E-state index contributed by atoms with van der Waals surface area (Å²) in [5.74, 6) is -4.90. The number of rotatable bonds is 7. The van der Waals surface area contributed by atoms with Gasteiger partial charge in [-0.15, -0.1) is 0 Å². The maximum atomic E-state index is 14.1. The van der Waals surface area contributed by atoms with Crippen LogP contribution in [-0.4, -0.2) is 41.2 Å². The fourth-order valence-corrected chi connectivity index (χ4v) is 5.34. The molecule has 3 aromatic rings. The minimum absolute atomic E-state index is 0.0425. The number of ketones is 1. The molecule has 10 nitrogen and oxygen atoms in total. The second-order valence-electron chi connectivity index (χ2n) is 9.18. The lowest BCUT2D eigenvalue weighted by atomic mass is 9.80. The Morgan fingerprint density at radius 2 is 1.74 bits per heavy atom. The first-order valence-electron chi connectivity index (χ1n) is 12.5. The molecule has 0 saturated carbocycles. The first-order chi connectivity index (χ1) is 20.1. The molecule has 2 heterocycles. The van der Waals surface area contributed by atoms with Crippen molar-refractivity contribution in [2.24, 2.45) is 0 Å². The van der Waals surface area contributed by atoms with Crippen LogP contribution in [0.5, 0.6) is 0 Å². The highest BCUT2D eigenvalue weighted by molar-refractivity contribution is 6.34. The van der Waals surface area contributed by atoms with E-state index in [0.29, 0.717) is 5.02 Å². The summed E-state index contributed by atoms with van der Waals surface area (Å²) in [7, 11) is 0. The maximum absolute atomic E-state index is 14.1. The number of esters is 1. The number of anilines is 3. The van der Waals surface area contributed by atoms with Gasteiger partial charge in [-0.2, -0.15) is 0 Å². The van der Waals surface area contributed by atoms with Crippen molar-refractivity contribution in [2.75, 3.05) is 22.1 Å². The van der Waals surface area contributed by atoms with Crippen molar-refractivity contribution in [3.63, 3.8) is 0 Å². The third-order valence-electron chi connectivity index (χ3n) is 6.63. The molecule has 0 bridgehead atoms. The van der Waals surface area contributed by atoms with Crippen molar-refractivity contribution >= 4 is 69.7 Å². The van der Waals surface area contributed by atoms with E-state index in [1.807, 2.05) is 0 Å². The summed E-state index contributed by atoms with van der Waals surface area (Å²) < 4.78 is 4.74. The molecule has 1 atom stereocenters. The lowest BCUT2D eigenvalue weighted by Gasteiger charge is -2.35. The van der Waals surface area contributed by atoms with E-state index in [2.05, 4.69) is 10.6 Å². The number of aliphatic hydroxyl groups is 1. The molecular formula is C30H21Cl2N3O7. The Morgan fingerprint density at radius 3 is 2.48 bits per heavy atom. The first-order valence-corrected chi connectivity index (χ1v) is 13.3. The smallest absolute Gasteiger partial charge is 0.330 e. The summed E-state index contributed by atoms with van der Waals surface area (Å²) in [5, 5.41) is 17.0. The number of halogens is 2. The van der Waals surface area contributed by atoms with E-state index in [9.17, 15) is 29.1 Å². The number of aliphatic hydroxyl groups excluding tert-OH is 1. The molecule has 0 aromatic heterocycles. The Kier molecular flexibility index (Phi) is 7.59. The molecule has 0 aliphatic carbocycles. The number of benzene rings is 3. The van der Waals surface area contributed by atoms with Gasteiger partial charge in [0.05, 0.1) is 12.2 Å². The number of fused-ring (bicyclic) bond motifs is 2. The number of carbonyl (C=O) groups excluding carboxylic acids is 5. The molecular weight excluding hydrogens is 585 g/mol. The minimum Gasteiger partial charge on any atom is -0.503 e. The highest BCUT2D eigenvalue weighted by Gasteiger charge is 2.64. The molecule has 5 rings (SSSR count). The molecule has 3 aromatic carbocycles. The lowest BCUT2D eigenvalue weighted by Crippen LogP contribution is -2.52. The van der Waals surface area contributed by atoms with Crippen LogP contribution in [0.4, 0.5) is 17.1 Å². The van der Waals surface area contributed by atoms with Gasteiger partial charge in [-0.3, -0.25) is 24.1 Å². The van der Waals surface area contributed by atoms with Crippen molar-refractivity contribution in [1.29, 1.82) is 0 Å². The largest absolute Gasteiger partial charge is 0.503 e. The van der Waals surface area contributed by atoms with E-state index in [1.165, 1.54) is 54.6 Å². The second-order valence-corrected chi connectivity index (χ2v) is 10.1. The molecule has 2 aliphatic heterocycles. The van der Waals surface area contributed by atoms with Gasteiger partial charge in [0.15, 0.2) is 17.1 Å². The van der Waals surface area contributed by atoms with Crippen molar-refractivity contribution in [2.45, 2.75) is 12.5 Å². The molecule has 3 N–H and O–H groups in total. The van der Waals surface area contributed by atoms with Crippen LogP contribution in [0.2, 0.25) is 10.0 Å². The van der Waals surface area contributed by atoms with Crippen molar-refractivity contribution < 1.29 is 33.8 Å². The number of carbonyl (C=O) groups is 5. The number of nitrogens with zero attached hydrogens (tertiary/aromatic N) is 1. The fraction of sp³-hybridized carbons (Fsp3) is 0.100. The lowest BCUT2D eigenvalue weighted by molar-refractivity contribution is -0.137. The van der Waals surface area contributed by atoms with Crippen LogP contribution in [-0.2, 0) is 29.5 Å². The van der Waals surface area contributed by atoms with E-state index in [1.54, 1.807) is 19.1 Å². The Morgan fingerprint density at radius 1 is 1.00 bits per heavy atom. The van der Waals surface area contributed by atoms with E-state index in [-0.39, 0.29) is 39.8 Å². The number of hydrogen-bond donors (Lipinski definition) is 3. The third-order valence-corrected chi connectivity index (χ3v) is 7.10. The van der Waals surface area contributed by atoms with Gasteiger partial charge >= 0.3 is 5.97 Å². The number of Topliss-reactive ketones (excluding diaryl/α,β-unsaturated/α-hetero) is 1. The standard InChI is InChI=1S/C30H21Cl2N3O7/c1-2-42-24(37)12-11-23(36)33-19-7-3-5-16(13-19)26(38)25-27(39)28(40)35(20-8-4-6-17(31)14-20)30(25)21-10-9-18(32)15-22(21)34-29(30)41/h3-15,39H,2H2,1H3,(H,33,36)(H,34,41)/b12-11+. The first kappa shape index (κ1) is 28.6. The molecule has 12 heteroatoms. The van der Waals surface area contributed by atoms with Gasteiger partial charge in [-0.05, 0) is 49.4 Å². The van der Waals surface area contributed by atoms with Gasteiger partial charge in [0.2, 0.25) is 5.91 Å². The third kappa shape index (κ3) is 4.80. The zero-order valence-corrected chi connectivity index (χ0v) is 23.3. The molecule has 42 heavy (non-hydrogen) atoms. The summed E-state index contributed by atoms with van der Waals surface area (Å²) in [6.45, 7) is 1.77. The quantitative estimate of drug-likeness (QED) is 0.197. The highest BCUT2D eigenvalue weighted by atomic mass is 35.5. The average molecular weight is 606 g/mol. The highest BCUT2D eigenvalue weighted by Crippen LogP contribution is 2.53. The van der Waals surface area contributed by atoms with Crippen LogP contribution < -0.4 is 15.5 Å². The molecule has 0 radical (unpaired) electrons. The maximum Gasteiger partial charge on any atom is 0.330 e. The van der Waals surface area contributed by atoms with Gasteiger partial charge in [0, 0.05) is 50.4 Å². The normalized spacial score (nSPS) is 17.5. The molecule has 1 unspecified atom stereocenters. The summed E-state index contributed by atoms with van der Waals surface area (Å²) >= 11 is 12.4. The van der Waals surface area contributed by atoms with Crippen molar-refractivity contribution in [3.05, 3.63) is 111 Å². The van der Waals surface area contributed by atoms with E-state index < -0.39 is 46.3 Å². The van der Waals surface area contributed by atoms with Crippen LogP contribution in [0.15, 0.2) is 90.2 Å². The number of ether oxygens (including phenoxy) is 1. The zero-order valence-electron chi connectivity index (χ0n) is 21.8. The fourth-order valence-electron chi connectivity index (χ4n) is 4.99. The van der Waals surface area contributed by atoms with Gasteiger partial charge in [-0.25, -0.2) is 4.79 Å². The molecule has 3 amide bonds. The SMILES string of the molecule is CCOC(=O)/C=C/C(=O)Nc1cccc(C(=O)C2=C(O)C(=O)N(c3cccc(Cl)c3)C23C(=O)Nc2cc(Cl)ccc23)c1. The molecule has 0 fully saturated rings. The van der Waals surface area contributed by atoms with Crippen LogP contribution in [0, 0.1) is 0 Å². The second kappa shape index (κ2) is 11.2. The number of hydrogen-bond acceptors (Lipinski definition) is 7. The zero-order chi connectivity index (χ0) is 30.2. The van der Waals surface area contributed by atoms with Crippen LogP contribution >= 0.6 is 23.2 Å². The van der Waals surface area contributed by atoms with Crippen LogP contribution in [0.3, 0.4) is 0 Å². The van der Waals surface area contributed by atoms with Crippen LogP contribution in [0.1, 0.15) is 22.8 Å². The number of nitrogens with one attached hydrogen (secondary N) is 2. The number of amides is 3. The van der Waals surface area contributed by atoms with Gasteiger partial charge in [-0.1, -0.05) is 47.5 Å². The van der Waals surface area contributed by atoms with E-state index in [0.717, 1.165) is 17.1 Å². The predicted molar refractivity (Wildman–Crippen MR) is 156 cm³/mol. The summed E-state index contributed by atoms with van der Waals surface area (Å²) in [4.78, 5) is 66.5. The summed E-state index contributed by atoms with van der Waals surface area (Å²) in [5.41, 5.74) is -1.84. The summed E-state index contributed by atoms with van der Waals surface area (Å²) in [6, 6.07) is 16.2. The van der Waals surface area contributed by atoms with Crippen molar-refractivity contribution in [1.82, 2.24) is 0 Å². The van der Waals surface area contributed by atoms with Crippen LogP contribution in [0.25, 0.3) is 0 Å². The predicted octanol–water partition coefficient (Wildman–Crippen LogP) is 4.94. The molecule has 1 spiro atoms. The average Bonchev–Trinajstić information content (AvgIpc) is 3.36. The Balaban J connectivity index is 1.60. The Hall–Kier alpha value is -4.93. The Bertz CT molecular complexity index is 1750. The van der Waals surface area contributed by atoms with E-state index >= 15 is 0 Å². The Labute approximate surface area is 249 Å². The molecule has 0 saturated heterocycles. The molecule has 212 valence electrons. The minimum atomic E-state index is -2.11. The molecule has 2 aliphatic rings. The van der Waals surface area contributed by atoms with Gasteiger partial charge in [0.25, 0.3) is 11.8 Å². The van der Waals surface area contributed by atoms with Gasteiger partial charge < -0.3 is 20.5 Å². The topological polar surface area (TPSA) is 142 Å². The summed E-state index contributed by atoms with van der Waals surface area (Å²) in [6.07, 6.45) is 1.93.